The van der Waals surface area contributed by atoms with E-state index in [0.717, 1.165) is 5.56 Å². The zero-order valence-corrected chi connectivity index (χ0v) is 10.8. The normalized spacial score (nSPS) is 11.1. The van der Waals surface area contributed by atoms with Gasteiger partial charge in [0, 0.05) is 6.54 Å². The highest BCUT2D eigenvalue weighted by molar-refractivity contribution is 7.80. The summed E-state index contributed by atoms with van der Waals surface area (Å²) in [4.78, 5) is 0. The van der Waals surface area contributed by atoms with Crippen molar-refractivity contribution in [3.63, 3.8) is 0 Å². The summed E-state index contributed by atoms with van der Waals surface area (Å²) in [5, 5.41) is 33.4. The first-order chi connectivity index (χ1) is 8.65. The van der Waals surface area contributed by atoms with Gasteiger partial charge in [-0.15, -0.1) is 0 Å². The Balaban J connectivity index is 2.46. The molecule has 0 bridgehead atoms. The maximum Gasteiger partial charge on any atom is 0.167 e. The van der Waals surface area contributed by atoms with Crippen LogP contribution in [0, 0.1) is 0 Å². The van der Waals surface area contributed by atoms with Gasteiger partial charge in [-0.25, -0.2) is 0 Å². The van der Waals surface area contributed by atoms with Gasteiger partial charge in [-0.3, -0.25) is 0 Å². The third kappa shape index (κ3) is 4.23. The van der Waals surface area contributed by atoms with Crippen molar-refractivity contribution in [1.29, 1.82) is 0 Å². The van der Waals surface area contributed by atoms with Crippen LogP contribution >= 0.6 is 12.2 Å². The van der Waals surface area contributed by atoms with Crippen LogP contribution in [0.3, 0.4) is 0 Å². The first-order valence-corrected chi connectivity index (χ1v) is 5.99. The quantitative estimate of drug-likeness (QED) is 0.443. The van der Waals surface area contributed by atoms with E-state index in [1.807, 2.05) is 30.3 Å². The third-order valence-corrected chi connectivity index (χ3v) is 2.83. The van der Waals surface area contributed by atoms with Crippen LogP contribution in [0.25, 0.3) is 0 Å². The van der Waals surface area contributed by atoms with Gasteiger partial charge < -0.3 is 26.0 Å². The molecule has 100 valence electrons. The second kappa shape index (κ2) is 7.27. The molecule has 1 rings (SSSR count). The van der Waals surface area contributed by atoms with Crippen LogP contribution in [0.5, 0.6) is 0 Å². The van der Waals surface area contributed by atoms with Gasteiger partial charge in [0.05, 0.1) is 19.8 Å². The van der Waals surface area contributed by atoms with E-state index in [2.05, 4.69) is 10.6 Å². The van der Waals surface area contributed by atoms with E-state index in [1.165, 1.54) is 0 Å². The average Bonchev–Trinajstić information content (AvgIpc) is 2.44. The summed E-state index contributed by atoms with van der Waals surface area (Å²) in [6.07, 6.45) is 0. The van der Waals surface area contributed by atoms with Crippen molar-refractivity contribution in [1.82, 2.24) is 10.6 Å². The molecule has 0 radical (unpaired) electrons. The summed E-state index contributed by atoms with van der Waals surface area (Å²) in [5.74, 6) is 0. The smallest absolute Gasteiger partial charge is 0.167 e. The molecule has 18 heavy (non-hydrogen) atoms. The van der Waals surface area contributed by atoms with Crippen LogP contribution in [0.4, 0.5) is 0 Å². The number of hydrogen-bond donors (Lipinski definition) is 5. The predicted octanol–water partition coefficient (Wildman–Crippen LogP) is -0.634. The van der Waals surface area contributed by atoms with E-state index in [0.29, 0.717) is 6.54 Å². The third-order valence-electron chi connectivity index (χ3n) is 2.58. The topological polar surface area (TPSA) is 84.8 Å². The molecule has 0 aliphatic heterocycles. The van der Waals surface area contributed by atoms with Crippen LogP contribution in [-0.4, -0.2) is 45.8 Å². The summed E-state index contributed by atoms with van der Waals surface area (Å²) in [5.41, 5.74) is -0.134. The van der Waals surface area contributed by atoms with E-state index in [4.69, 9.17) is 27.5 Å². The Kier molecular flexibility index (Phi) is 6.00. The minimum atomic E-state index is -1.19. The first kappa shape index (κ1) is 14.8. The molecule has 1 aromatic carbocycles. The molecule has 0 atom stereocenters. The Bertz CT molecular complexity index is 361. The standard InChI is InChI=1S/C12H18N2O3S/c15-7-12(8-16,9-17)14-11(18)13-6-10-4-2-1-3-5-10/h1-5,15-17H,6-9H2,(H2,13,14,18). The lowest BCUT2D eigenvalue weighted by molar-refractivity contribution is 0.0557. The second-order valence-electron chi connectivity index (χ2n) is 4.05. The summed E-state index contributed by atoms with van der Waals surface area (Å²) < 4.78 is 0. The average molecular weight is 270 g/mol. The van der Waals surface area contributed by atoms with Gasteiger partial charge >= 0.3 is 0 Å². The number of hydrogen-bond acceptors (Lipinski definition) is 4. The van der Waals surface area contributed by atoms with E-state index < -0.39 is 25.4 Å². The van der Waals surface area contributed by atoms with E-state index in [1.54, 1.807) is 0 Å². The monoisotopic (exact) mass is 270 g/mol. The van der Waals surface area contributed by atoms with Crippen molar-refractivity contribution < 1.29 is 15.3 Å². The summed E-state index contributed by atoms with van der Waals surface area (Å²) in [6.45, 7) is -0.696. The lowest BCUT2D eigenvalue weighted by atomic mass is 10.0. The molecule has 0 amide bonds. The van der Waals surface area contributed by atoms with Gasteiger partial charge in [-0.1, -0.05) is 30.3 Å². The van der Waals surface area contributed by atoms with Crippen LogP contribution < -0.4 is 10.6 Å². The largest absolute Gasteiger partial charge is 0.394 e. The predicted molar refractivity (Wildman–Crippen MR) is 73.0 cm³/mol. The minimum Gasteiger partial charge on any atom is -0.394 e. The number of benzene rings is 1. The fourth-order valence-electron chi connectivity index (χ4n) is 1.33. The summed E-state index contributed by atoms with van der Waals surface area (Å²) in [6, 6.07) is 9.67. The second-order valence-corrected chi connectivity index (χ2v) is 4.46. The van der Waals surface area contributed by atoms with Crippen molar-refractivity contribution in [2.24, 2.45) is 0 Å². The fourth-order valence-corrected chi connectivity index (χ4v) is 1.62. The Morgan fingerprint density at radius 2 is 1.61 bits per heavy atom. The molecule has 1 aromatic rings. The van der Waals surface area contributed by atoms with Crippen LogP contribution in [0.2, 0.25) is 0 Å². The van der Waals surface area contributed by atoms with Crippen molar-refractivity contribution in [2.45, 2.75) is 12.1 Å². The van der Waals surface area contributed by atoms with Gasteiger partial charge in [0.15, 0.2) is 5.11 Å². The highest BCUT2D eigenvalue weighted by atomic mass is 32.1. The van der Waals surface area contributed by atoms with Gasteiger partial charge in [0.25, 0.3) is 0 Å². The van der Waals surface area contributed by atoms with Crippen molar-refractivity contribution in [3.8, 4) is 0 Å². The van der Waals surface area contributed by atoms with Gasteiger partial charge in [-0.2, -0.15) is 0 Å². The molecular weight excluding hydrogens is 252 g/mol. The number of aliphatic hydroxyl groups is 3. The van der Waals surface area contributed by atoms with Crippen LogP contribution in [0.1, 0.15) is 5.56 Å². The molecule has 5 nitrogen and oxygen atoms in total. The molecule has 0 heterocycles. The number of rotatable bonds is 6. The Morgan fingerprint density at radius 1 is 1.06 bits per heavy atom. The number of thiocarbonyl (C=S) groups is 1. The molecular formula is C12H18N2O3S. The highest BCUT2D eigenvalue weighted by Gasteiger charge is 2.28. The zero-order valence-electron chi connectivity index (χ0n) is 9.97. The van der Waals surface area contributed by atoms with E-state index in [9.17, 15) is 0 Å². The SMILES string of the molecule is OCC(CO)(CO)NC(=S)NCc1ccccc1. The number of aliphatic hydroxyl groups excluding tert-OH is 3. The fraction of sp³-hybridized carbons (Fsp3) is 0.417. The van der Waals surface area contributed by atoms with Gasteiger partial charge in [-0.05, 0) is 17.8 Å². The minimum absolute atomic E-state index is 0.274. The maximum atomic E-state index is 9.14. The summed E-state index contributed by atoms with van der Waals surface area (Å²) in [7, 11) is 0. The molecule has 0 unspecified atom stereocenters. The van der Waals surface area contributed by atoms with Crippen molar-refractivity contribution in [3.05, 3.63) is 35.9 Å². The van der Waals surface area contributed by atoms with E-state index >= 15 is 0 Å². The molecule has 0 saturated carbocycles. The number of nitrogens with one attached hydrogen (secondary N) is 2. The first-order valence-electron chi connectivity index (χ1n) is 5.58. The van der Waals surface area contributed by atoms with E-state index in [-0.39, 0.29) is 5.11 Å². The Hall–Kier alpha value is -1.21. The maximum absolute atomic E-state index is 9.14. The molecule has 0 aromatic heterocycles. The van der Waals surface area contributed by atoms with Crippen molar-refractivity contribution >= 4 is 17.3 Å². The molecule has 0 spiro atoms. The van der Waals surface area contributed by atoms with Crippen molar-refractivity contribution in [2.75, 3.05) is 19.8 Å². The van der Waals surface area contributed by atoms with Crippen LogP contribution in [-0.2, 0) is 6.54 Å². The Morgan fingerprint density at radius 3 is 2.11 bits per heavy atom. The van der Waals surface area contributed by atoms with Gasteiger partial charge in [0.2, 0.25) is 0 Å². The van der Waals surface area contributed by atoms with Crippen LogP contribution in [0.15, 0.2) is 30.3 Å². The zero-order chi connectivity index (χ0) is 13.4. The highest BCUT2D eigenvalue weighted by Crippen LogP contribution is 2.02. The lowest BCUT2D eigenvalue weighted by Crippen LogP contribution is -2.59. The lowest BCUT2D eigenvalue weighted by Gasteiger charge is -2.30. The molecule has 0 saturated heterocycles. The Labute approximate surface area is 111 Å². The molecule has 6 heteroatoms. The summed E-state index contributed by atoms with van der Waals surface area (Å²) >= 11 is 5.04. The molecule has 0 fully saturated rings. The molecule has 5 N–H and O–H groups in total. The molecule has 0 aliphatic rings. The molecule has 0 aliphatic carbocycles. The van der Waals surface area contributed by atoms with Gasteiger partial charge in [0.1, 0.15) is 5.54 Å².